The van der Waals surface area contributed by atoms with E-state index in [9.17, 15) is 14.4 Å². The number of hydrogen-bond acceptors (Lipinski definition) is 6. The smallest absolute Gasteiger partial charge is 0.337 e. The van der Waals surface area contributed by atoms with Crippen LogP contribution in [0.4, 0.5) is 15.8 Å². The number of benzene rings is 2. The first-order chi connectivity index (χ1) is 22.4. The van der Waals surface area contributed by atoms with E-state index in [1.807, 2.05) is 20.8 Å². The van der Waals surface area contributed by atoms with Gasteiger partial charge in [-0.3, -0.25) is 14.5 Å². The number of nitrogens with one attached hydrogen (secondary N) is 1. The maximum Gasteiger partial charge on any atom is 0.337 e. The molecule has 11 heteroatoms. The lowest BCUT2D eigenvalue weighted by molar-refractivity contribution is -0.123. The number of hydrogen-bond donors (Lipinski definition) is 1. The largest absolute Gasteiger partial charge is 0.495 e. The van der Waals surface area contributed by atoms with E-state index in [0.717, 1.165) is 6.54 Å². The third-order valence-corrected chi connectivity index (χ3v) is 8.73. The van der Waals surface area contributed by atoms with E-state index in [0.29, 0.717) is 64.6 Å². The van der Waals surface area contributed by atoms with Gasteiger partial charge in [0.25, 0.3) is 0 Å². The van der Waals surface area contributed by atoms with E-state index in [1.165, 1.54) is 45.3 Å². The molecule has 2 aliphatic rings. The molecule has 1 heterocycles. The number of ether oxygens (including phenoxy) is 2. The summed E-state index contributed by atoms with van der Waals surface area (Å²) in [4.78, 5) is 40.1. The topological polar surface area (TPSA) is 88.2 Å². The maximum absolute atomic E-state index is 15.8. The van der Waals surface area contributed by atoms with Crippen LogP contribution in [0, 0.1) is 17.8 Å². The number of allylic oxidation sites excluding steroid dienone is 4. The summed E-state index contributed by atoms with van der Waals surface area (Å²) in [6.45, 7) is 11.4. The van der Waals surface area contributed by atoms with Gasteiger partial charge in [-0.25, -0.2) is 9.18 Å². The quantitative estimate of drug-likeness (QED) is 0.130. The second-order valence-electron chi connectivity index (χ2n) is 12.1. The lowest BCUT2D eigenvalue weighted by Gasteiger charge is -2.36. The first-order valence-corrected chi connectivity index (χ1v) is 16.3. The summed E-state index contributed by atoms with van der Waals surface area (Å²) in [5, 5.41) is 3.40. The Morgan fingerprint density at radius 2 is 1.91 bits per heavy atom. The minimum atomic E-state index is -0.647. The van der Waals surface area contributed by atoms with E-state index < -0.39 is 23.3 Å². The SMILES string of the molecule is C=C(Cl)/C=C\C=C(/F)C1[C@H](C(=O)N(CCC)c2ccc(C(=O)OC)cc2OC)CN(CC2CC2)C1(C)C.O=CNc1cccc(Cl)c1. The van der Waals surface area contributed by atoms with Gasteiger partial charge in [0, 0.05) is 46.8 Å². The van der Waals surface area contributed by atoms with Crippen molar-refractivity contribution in [3.63, 3.8) is 0 Å². The highest BCUT2D eigenvalue weighted by molar-refractivity contribution is 6.31. The first kappa shape index (κ1) is 37.8. The molecule has 4 rings (SSSR count). The summed E-state index contributed by atoms with van der Waals surface area (Å²) in [5.41, 5.74) is 1.01. The van der Waals surface area contributed by atoms with Gasteiger partial charge in [0.2, 0.25) is 12.3 Å². The number of anilines is 2. The molecule has 47 heavy (non-hydrogen) atoms. The van der Waals surface area contributed by atoms with Crippen molar-refractivity contribution in [2.24, 2.45) is 17.8 Å². The van der Waals surface area contributed by atoms with Crippen molar-refractivity contribution in [2.75, 3.05) is 44.1 Å². The molecule has 0 spiro atoms. The van der Waals surface area contributed by atoms with Gasteiger partial charge in [-0.05, 0) is 87.6 Å². The molecule has 1 aliphatic heterocycles. The predicted molar refractivity (Wildman–Crippen MR) is 187 cm³/mol. The number of halogens is 3. The molecule has 1 N–H and O–H groups in total. The Kier molecular flexibility index (Phi) is 14.1. The van der Waals surface area contributed by atoms with Crippen LogP contribution in [0.3, 0.4) is 0 Å². The Bertz CT molecular complexity index is 1490. The molecule has 1 aliphatic carbocycles. The number of carbonyl (C=O) groups is 3. The molecule has 0 radical (unpaired) electrons. The summed E-state index contributed by atoms with van der Waals surface area (Å²) in [7, 11) is 2.80. The summed E-state index contributed by atoms with van der Waals surface area (Å²) in [5.74, 6) is -1.30. The molecule has 1 saturated carbocycles. The molecule has 1 unspecified atom stereocenters. The molecule has 2 aromatic rings. The standard InChI is InChI=1S/C29H38ClFN2O4.C7H6ClNO/c1-7-15-33(24-14-13-21(28(35)37-6)16-25(24)36-5)27(34)22-18-32(17-20-11-12-20)29(3,4)26(22)23(31)10-8-9-19(2)30;8-6-2-1-3-7(4-6)9-5-10/h8-10,13-14,16,20,22,26H,2,7,11-12,15,17-18H2,1,3-6H3;1-5H,(H,9,10)/b9-8-,23-10-;/t22-,26?;/m1./s1. The van der Waals surface area contributed by atoms with Crippen molar-refractivity contribution >= 4 is 52.9 Å². The summed E-state index contributed by atoms with van der Waals surface area (Å²) < 4.78 is 26.2. The molecule has 2 aromatic carbocycles. The Morgan fingerprint density at radius 1 is 1.19 bits per heavy atom. The fourth-order valence-electron chi connectivity index (χ4n) is 5.85. The Labute approximate surface area is 287 Å². The molecule has 2 amide bonds. The van der Waals surface area contributed by atoms with Crippen LogP contribution in [0.5, 0.6) is 5.75 Å². The number of methoxy groups -OCH3 is 2. The van der Waals surface area contributed by atoms with E-state index in [1.54, 1.807) is 47.4 Å². The molecule has 2 atom stereocenters. The van der Waals surface area contributed by atoms with Crippen LogP contribution in [-0.2, 0) is 14.3 Å². The molecule has 2 fully saturated rings. The second kappa shape index (κ2) is 17.5. The first-order valence-electron chi connectivity index (χ1n) is 15.5. The molecule has 8 nitrogen and oxygen atoms in total. The van der Waals surface area contributed by atoms with Crippen molar-refractivity contribution in [1.29, 1.82) is 0 Å². The fourth-order valence-corrected chi connectivity index (χ4v) is 6.12. The number of esters is 1. The van der Waals surface area contributed by atoms with E-state index in [-0.39, 0.29) is 11.7 Å². The number of amides is 2. The van der Waals surface area contributed by atoms with Gasteiger partial charge in [-0.15, -0.1) is 0 Å². The van der Waals surface area contributed by atoms with Crippen molar-refractivity contribution < 1.29 is 28.2 Å². The van der Waals surface area contributed by atoms with E-state index in [4.69, 9.17) is 32.7 Å². The van der Waals surface area contributed by atoms with Crippen LogP contribution in [0.25, 0.3) is 0 Å². The average Bonchev–Trinajstić information content (AvgIpc) is 3.82. The normalized spacial score (nSPS) is 19.0. The number of nitrogens with zero attached hydrogens (tertiary/aromatic N) is 2. The zero-order valence-corrected chi connectivity index (χ0v) is 29.1. The molecule has 0 aromatic heterocycles. The van der Waals surface area contributed by atoms with Crippen molar-refractivity contribution in [1.82, 2.24) is 4.90 Å². The Balaban J connectivity index is 0.000000511. The minimum Gasteiger partial charge on any atom is -0.495 e. The predicted octanol–water partition coefficient (Wildman–Crippen LogP) is 8.03. The third-order valence-electron chi connectivity index (χ3n) is 8.37. The third kappa shape index (κ3) is 10.2. The van der Waals surface area contributed by atoms with Crippen LogP contribution >= 0.6 is 23.2 Å². The highest BCUT2D eigenvalue weighted by Crippen LogP contribution is 2.47. The van der Waals surface area contributed by atoms with Crippen LogP contribution in [-0.4, -0.2) is 62.6 Å². The van der Waals surface area contributed by atoms with E-state index in [2.05, 4.69) is 16.8 Å². The second-order valence-corrected chi connectivity index (χ2v) is 13.0. The number of likely N-dealkylation sites (tertiary alicyclic amines) is 1. The van der Waals surface area contributed by atoms with E-state index >= 15 is 4.39 Å². The van der Waals surface area contributed by atoms with Gasteiger partial charge in [0.15, 0.2) is 0 Å². The molecule has 1 saturated heterocycles. The highest BCUT2D eigenvalue weighted by Gasteiger charge is 2.54. The summed E-state index contributed by atoms with van der Waals surface area (Å²) >= 11 is 11.4. The van der Waals surface area contributed by atoms with Gasteiger partial charge >= 0.3 is 5.97 Å². The van der Waals surface area contributed by atoms with Crippen LogP contribution in [0.15, 0.2) is 78.1 Å². The zero-order valence-electron chi connectivity index (χ0n) is 27.6. The van der Waals surface area contributed by atoms with Gasteiger partial charge in [0.05, 0.1) is 31.4 Å². The lowest BCUT2D eigenvalue weighted by Crippen LogP contribution is -2.44. The van der Waals surface area contributed by atoms with Gasteiger partial charge < -0.3 is 19.7 Å². The van der Waals surface area contributed by atoms with Crippen molar-refractivity contribution in [3.05, 3.63) is 88.7 Å². The number of rotatable bonds is 13. The van der Waals surface area contributed by atoms with Crippen molar-refractivity contribution in [2.45, 2.75) is 45.6 Å². The van der Waals surface area contributed by atoms with Gasteiger partial charge in [-0.2, -0.15) is 0 Å². The average molecular weight is 689 g/mol. The lowest BCUT2D eigenvalue weighted by atomic mass is 9.80. The van der Waals surface area contributed by atoms with Gasteiger partial charge in [-0.1, -0.05) is 48.8 Å². The number of carbonyl (C=O) groups excluding carboxylic acids is 3. The fraction of sp³-hybridized carbons (Fsp3) is 0.417. The maximum atomic E-state index is 15.8. The zero-order chi connectivity index (χ0) is 34.7. The molecular formula is C36H44Cl2FN3O5. The molecular weight excluding hydrogens is 644 g/mol. The molecule has 0 bridgehead atoms. The minimum absolute atomic E-state index is 0.170. The van der Waals surface area contributed by atoms with Crippen molar-refractivity contribution in [3.8, 4) is 5.75 Å². The summed E-state index contributed by atoms with van der Waals surface area (Å²) in [6.07, 6.45) is 8.09. The molecule has 254 valence electrons. The Hall–Kier alpha value is -3.66. The van der Waals surface area contributed by atoms with Crippen LogP contribution in [0.2, 0.25) is 5.02 Å². The summed E-state index contributed by atoms with van der Waals surface area (Å²) in [6, 6.07) is 11.8. The highest BCUT2D eigenvalue weighted by atomic mass is 35.5. The Morgan fingerprint density at radius 3 is 2.49 bits per heavy atom. The van der Waals surface area contributed by atoms with Crippen LogP contribution < -0.4 is 15.0 Å². The monoisotopic (exact) mass is 687 g/mol. The van der Waals surface area contributed by atoms with Crippen LogP contribution in [0.1, 0.15) is 50.4 Å². The van der Waals surface area contributed by atoms with Gasteiger partial charge in [0.1, 0.15) is 11.6 Å².